The Morgan fingerprint density at radius 1 is 0.862 bits per heavy atom. The summed E-state index contributed by atoms with van der Waals surface area (Å²) in [5.41, 5.74) is 0.893. The molecule has 0 saturated heterocycles. The minimum absolute atomic E-state index is 0.0102. The summed E-state index contributed by atoms with van der Waals surface area (Å²) >= 11 is 5.94. The Hall–Kier alpha value is -3.03. The molecule has 8 heteroatoms. The maximum Gasteiger partial charge on any atom is 0.261 e. The topological polar surface area (TPSA) is 80.3 Å². The van der Waals surface area contributed by atoms with Gasteiger partial charge in [-0.25, -0.2) is 12.8 Å². The number of ketones is 2. The Morgan fingerprint density at radius 3 is 2.10 bits per heavy atom. The molecule has 0 heterocycles. The van der Waals surface area contributed by atoms with Crippen molar-refractivity contribution in [3.8, 4) is 0 Å². The molecule has 5 nitrogen and oxygen atoms in total. The van der Waals surface area contributed by atoms with Crippen LogP contribution in [0.1, 0.15) is 37.4 Å². The summed E-state index contributed by atoms with van der Waals surface area (Å²) in [7, 11) is -4.14. The Morgan fingerprint density at radius 2 is 1.45 bits per heavy atom. The maximum atomic E-state index is 13.6. The van der Waals surface area contributed by atoms with E-state index in [4.69, 9.17) is 11.6 Å². The Kier molecular flexibility index (Phi) is 4.52. The van der Waals surface area contributed by atoms with Crippen molar-refractivity contribution in [1.29, 1.82) is 0 Å². The Bertz CT molecular complexity index is 1320. The highest BCUT2D eigenvalue weighted by Gasteiger charge is 2.31. The van der Waals surface area contributed by atoms with Crippen molar-refractivity contribution < 1.29 is 22.4 Å². The fourth-order valence-corrected chi connectivity index (χ4v) is 4.53. The van der Waals surface area contributed by atoms with Gasteiger partial charge in [0.1, 0.15) is 5.82 Å². The van der Waals surface area contributed by atoms with Gasteiger partial charge in [-0.05, 0) is 42.8 Å². The first-order valence-electron chi connectivity index (χ1n) is 8.50. The van der Waals surface area contributed by atoms with Crippen molar-refractivity contribution >= 4 is 38.9 Å². The molecule has 1 aliphatic carbocycles. The largest absolute Gasteiger partial charge is 0.289 e. The zero-order chi connectivity index (χ0) is 20.9. The third kappa shape index (κ3) is 3.22. The molecule has 29 heavy (non-hydrogen) atoms. The summed E-state index contributed by atoms with van der Waals surface area (Å²) in [5.74, 6) is -1.33. The van der Waals surface area contributed by atoms with Gasteiger partial charge in [0.2, 0.25) is 0 Å². The molecule has 3 aromatic rings. The van der Waals surface area contributed by atoms with Crippen LogP contribution in [0.5, 0.6) is 0 Å². The number of fused-ring (bicyclic) bond motifs is 2. The fourth-order valence-electron chi connectivity index (χ4n) is 3.18. The lowest BCUT2D eigenvalue weighted by Gasteiger charge is -2.18. The van der Waals surface area contributed by atoms with Crippen LogP contribution in [0, 0.1) is 12.7 Å². The van der Waals surface area contributed by atoms with E-state index in [0.29, 0.717) is 0 Å². The molecule has 0 saturated carbocycles. The van der Waals surface area contributed by atoms with E-state index in [0.717, 1.165) is 12.1 Å². The molecular weight excluding hydrogens is 417 g/mol. The SMILES string of the molecule is Cc1cc(NS(=O)(=O)c2ccc3c(c2)C(=O)c2ccccc2C3=O)c(Cl)cc1F. The van der Waals surface area contributed by atoms with Crippen molar-refractivity contribution in [2.75, 3.05) is 4.72 Å². The first-order valence-corrected chi connectivity index (χ1v) is 10.4. The van der Waals surface area contributed by atoms with Crippen molar-refractivity contribution in [3.63, 3.8) is 0 Å². The number of nitrogens with one attached hydrogen (secondary N) is 1. The predicted octanol–water partition coefficient (Wildman–Crippen LogP) is 4.36. The summed E-state index contributed by atoms with van der Waals surface area (Å²) in [4.78, 5) is 25.2. The van der Waals surface area contributed by atoms with Gasteiger partial charge in [0, 0.05) is 22.3 Å². The summed E-state index contributed by atoms with van der Waals surface area (Å²) in [6.45, 7) is 1.48. The van der Waals surface area contributed by atoms with Crippen LogP contribution in [0.15, 0.2) is 59.5 Å². The molecule has 1 N–H and O–H groups in total. The van der Waals surface area contributed by atoms with Gasteiger partial charge in [-0.2, -0.15) is 0 Å². The quantitative estimate of drug-likeness (QED) is 0.524. The van der Waals surface area contributed by atoms with Crippen molar-refractivity contribution in [2.24, 2.45) is 0 Å². The van der Waals surface area contributed by atoms with Crippen LogP contribution in [-0.2, 0) is 10.0 Å². The van der Waals surface area contributed by atoms with Gasteiger partial charge in [-0.3, -0.25) is 14.3 Å². The van der Waals surface area contributed by atoms with E-state index in [-0.39, 0.29) is 49.2 Å². The van der Waals surface area contributed by atoms with E-state index in [2.05, 4.69) is 4.72 Å². The summed E-state index contributed by atoms with van der Waals surface area (Å²) in [6.07, 6.45) is 0. The Balaban J connectivity index is 1.77. The van der Waals surface area contributed by atoms with Gasteiger partial charge < -0.3 is 0 Å². The normalized spacial score (nSPS) is 13.1. The third-order valence-electron chi connectivity index (χ3n) is 4.70. The van der Waals surface area contributed by atoms with Gasteiger partial charge in [0.25, 0.3) is 10.0 Å². The maximum absolute atomic E-state index is 13.6. The number of carbonyl (C=O) groups is 2. The minimum Gasteiger partial charge on any atom is -0.289 e. The fraction of sp³-hybridized carbons (Fsp3) is 0.0476. The zero-order valence-electron chi connectivity index (χ0n) is 15.0. The van der Waals surface area contributed by atoms with Gasteiger partial charge in [0.05, 0.1) is 15.6 Å². The molecule has 0 atom stereocenters. The first-order chi connectivity index (χ1) is 13.7. The van der Waals surface area contributed by atoms with Crippen LogP contribution in [-0.4, -0.2) is 20.0 Å². The lowest BCUT2D eigenvalue weighted by molar-refractivity contribution is 0.0979. The standard InChI is InChI=1S/C21H13ClFNO4S/c1-11-8-19(17(22)10-18(11)23)24-29(27,28)12-6-7-15-16(9-12)21(26)14-5-3-2-4-13(14)20(15)25/h2-10,24H,1H3. The van der Waals surface area contributed by atoms with Crippen LogP contribution in [0.2, 0.25) is 5.02 Å². The second-order valence-corrected chi connectivity index (χ2v) is 8.69. The number of anilines is 1. The van der Waals surface area contributed by atoms with Gasteiger partial charge in [-0.15, -0.1) is 0 Å². The molecule has 0 amide bonds. The highest BCUT2D eigenvalue weighted by Crippen LogP contribution is 2.31. The molecule has 1 aliphatic rings. The molecule has 0 aliphatic heterocycles. The second kappa shape index (κ2) is 6.79. The molecule has 0 radical (unpaired) electrons. The number of rotatable bonds is 3. The summed E-state index contributed by atoms with van der Waals surface area (Å²) < 4.78 is 41.5. The molecular formula is C21H13ClFNO4S. The second-order valence-electron chi connectivity index (χ2n) is 6.60. The Labute approximate surface area is 171 Å². The number of hydrogen-bond acceptors (Lipinski definition) is 4. The molecule has 0 fully saturated rings. The molecule has 146 valence electrons. The minimum atomic E-state index is -4.14. The van der Waals surface area contributed by atoms with E-state index >= 15 is 0 Å². The highest BCUT2D eigenvalue weighted by atomic mass is 35.5. The van der Waals surface area contributed by atoms with E-state index < -0.39 is 21.6 Å². The van der Waals surface area contributed by atoms with Crippen LogP contribution >= 0.6 is 11.6 Å². The van der Waals surface area contributed by atoms with Crippen molar-refractivity contribution in [3.05, 3.63) is 93.3 Å². The molecule has 0 spiro atoms. The monoisotopic (exact) mass is 429 g/mol. The van der Waals surface area contributed by atoms with E-state index in [1.807, 2.05) is 0 Å². The zero-order valence-corrected chi connectivity index (χ0v) is 16.6. The molecule has 3 aromatic carbocycles. The average Bonchev–Trinajstić information content (AvgIpc) is 2.69. The van der Waals surface area contributed by atoms with Crippen molar-refractivity contribution in [1.82, 2.24) is 0 Å². The number of benzene rings is 3. The van der Waals surface area contributed by atoms with Crippen LogP contribution in [0.4, 0.5) is 10.1 Å². The third-order valence-corrected chi connectivity index (χ3v) is 6.38. The van der Waals surface area contributed by atoms with E-state index in [1.54, 1.807) is 18.2 Å². The highest BCUT2D eigenvalue weighted by molar-refractivity contribution is 7.92. The first kappa shape index (κ1) is 19.3. The molecule has 4 rings (SSSR count). The van der Waals surface area contributed by atoms with Gasteiger partial charge >= 0.3 is 0 Å². The summed E-state index contributed by atoms with van der Waals surface area (Å²) in [5, 5.41) is -0.102. The van der Waals surface area contributed by atoms with Gasteiger partial charge in [-0.1, -0.05) is 35.9 Å². The lowest BCUT2D eigenvalue weighted by atomic mass is 9.84. The average molecular weight is 430 g/mol. The van der Waals surface area contributed by atoms with E-state index in [1.165, 1.54) is 31.2 Å². The predicted molar refractivity (Wildman–Crippen MR) is 107 cm³/mol. The lowest BCUT2D eigenvalue weighted by Crippen LogP contribution is -2.22. The molecule has 0 unspecified atom stereocenters. The number of sulfonamides is 1. The van der Waals surface area contributed by atoms with Crippen LogP contribution < -0.4 is 4.72 Å². The van der Waals surface area contributed by atoms with E-state index in [9.17, 15) is 22.4 Å². The molecule has 0 aromatic heterocycles. The molecule has 0 bridgehead atoms. The van der Waals surface area contributed by atoms with Crippen LogP contribution in [0.25, 0.3) is 0 Å². The smallest absolute Gasteiger partial charge is 0.261 e. The van der Waals surface area contributed by atoms with Crippen molar-refractivity contribution in [2.45, 2.75) is 11.8 Å². The summed E-state index contributed by atoms with van der Waals surface area (Å²) in [6, 6.07) is 12.4. The van der Waals surface area contributed by atoms with Crippen LogP contribution in [0.3, 0.4) is 0 Å². The number of halogens is 2. The number of aryl methyl sites for hydroxylation is 1. The number of carbonyl (C=O) groups excluding carboxylic acids is 2. The van der Waals surface area contributed by atoms with Gasteiger partial charge in [0.15, 0.2) is 11.6 Å². The number of hydrogen-bond donors (Lipinski definition) is 1.